The minimum atomic E-state index is -0.195. The first-order chi connectivity index (χ1) is 10.1. The Morgan fingerprint density at radius 2 is 2.00 bits per heavy atom. The van der Waals surface area contributed by atoms with Gasteiger partial charge in [-0.25, -0.2) is 4.98 Å². The molecule has 1 amide bonds. The van der Waals surface area contributed by atoms with E-state index in [2.05, 4.69) is 29.5 Å². The zero-order chi connectivity index (χ0) is 15.2. The van der Waals surface area contributed by atoms with E-state index in [1.807, 2.05) is 37.3 Å². The summed E-state index contributed by atoms with van der Waals surface area (Å²) in [4.78, 5) is 16.4. The second kappa shape index (κ2) is 6.88. The summed E-state index contributed by atoms with van der Waals surface area (Å²) >= 11 is 0. The van der Waals surface area contributed by atoms with Crippen LogP contribution in [0.3, 0.4) is 0 Å². The average molecular weight is 283 g/mol. The highest BCUT2D eigenvalue weighted by molar-refractivity contribution is 6.03. The maximum atomic E-state index is 12.2. The third kappa shape index (κ3) is 4.05. The molecular weight excluding hydrogens is 262 g/mol. The second-order valence-corrected chi connectivity index (χ2v) is 5.15. The van der Waals surface area contributed by atoms with Gasteiger partial charge in [-0.3, -0.25) is 4.79 Å². The largest absolute Gasteiger partial charge is 0.381 e. The van der Waals surface area contributed by atoms with Gasteiger partial charge in [0.1, 0.15) is 5.69 Å². The van der Waals surface area contributed by atoms with Crippen LogP contribution < -0.4 is 10.6 Å². The van der Waals surface area contributed by atoms with Gasteiger partial charge in [0, 0.05) is 11.7 Å². The van der Waals surface area contributed by atoms with Crippen molar-refractivity contribution in [2.75, 3.05) is 10.6 Å². The van der Waals surface area contributed by atoms with Crippen molar-refractivity contribution < 1.29 is 4.79 Å². The van der Waals surface area contributed by atoms with Gasteiger partial charge in [0.2, 0.25) is 0 Å². The van der Waals surface area contributed by atoms with Crippen molar-refractivity contribution in [1.29, 1.82) is 0 Å². The smallest absolute Gasteiger partial charge is 0.274 e. The Hall–Kier alpha value is -2.36. The van der Waals surface area contributed by atoms with Crippen LogP contribution >= 0.6 is 0 Å². The van der Waals surface area contributed by atoms with Crippen LogP contribution in [-0.4, -0.2) is 16.9 Å². The SMILES string of the molecule is CCC(C)Nc1ccc(C(=O)Nc2ccccc2C)nc1. The van der Waals surface area contributed by atoms with E-state index in [0.29, 0.717) is 11.7 Å². The summed E-state index contributed by atoms with van der Waals surface area (Å²) in [6.45, 7) is 6.19. The van der Waals surface area contributed by atoms with E-state index in [4.69, 9.17) is 0 Å². The zero-order valence-corrected chi connectivity index (χ0v) is 12.7. The number of carbonyl (C=O) groups is 1. The molecule has 0 bridgehead atoms. The molecule has 1 atom stereocenters. The number of hydrogen-bond donors (Lipinski definition) is 2. The molecule has 0 spiro atoms. The van der Waals surface area contributed by atoms with Crippen molar-refractivity contribution in [3.05, 3.63) is 53.9 Å². The van der Waals surface area contributed by atoms with Gasteiger partial charge in [0.25, 0.3) is 5.91 Å². The highest BCUT2D eigenvalue weighted by atomic mass is 16.1. The maximum Gasteiger partial charge on any atom is 0.274 e. The monoisotopic (exact) mass is 283 g/mol. The number of amides is 1. The number of benzene rings is 1. The van der Waals surface area contributed by atoms with Crippen LogP contribution in [0, 0.1) is 6.92 Å². The van der Waals surface area contributed by atoms with Gasteiger partial charge in [0.15, 0.2) is 0 Å². The molecular formula is C17H21N3O. The van der Waals surface area contributed by atoms with Crippen molar-refractivity contribution in [3.63, 3.8) is 0 Å². The Morgan fingerprint density at radius 3 is 2.62 bits per heavy atom. The van der Waals surface area contributed by atoms with E-state index < -0.39 is 0 Å². The molecule has 0 radical (unpaired) electrons. The Labute approximate surface area is 125 Å². The number of carbonyl (C=O) groups excluding carboxylic acids is 1. The van der Waals surface area contributed by atoms with Crippen LogP contribution in [0.2, 0.25) is 0 Å². The minimum Gasteiger partial charge on any atom is -0.381 e. The van der Waals surface area contributed by atoms with Crippen molar-refractivity contribution in [3.8, 4) is 0 Å². The Morgan fingerprint density at radius 1 is 1.24 bits per heavy atom. The fourth-order valence-electron chi connectivity index (χ4n) is 1.90. The van der Waals surface area contributed by atoms with E-state index in [1.165, 1.54) is 0 Å². The first kappa shape index (κ1) is 15.0. The van der Waals surface area contributed by atoms with Gasteiger partial charge >= 0.3 is 0 Å². The normalized spacial score (nSPS) is 11.8. The first-order valence-electron chi connectivity index (χ1n) is 7.19. The lowest BCUT2D eigenvalue weighted by Gasteiger charge is -2.13. The zero-order valence-electron chi connectivity index (χ0n) is 12.7. The number of pyridine rings is 1. The van der Waals surface area contributed by atoms with Crippen LogP contribution in [0.15, 0.2) is 42.6 Å². The Bertz CT molecular complexity index is 608. The number of aromatic nitrogens is 1. The Balaban J connectivity index is 2.05. The first-order valence-corrected chi connectivity index (χ1v) is 7.19. The maximum absolute atomic E-state index is 12.2. The number of nitrogens with one attached hydrogen (secondary N) is 2. The molecule has 110 valence electrons. The molecule has 2 rings (SSSR count). The van der Waals surface area contributed by atoms with Gasteiger partial charge in [0.05, 0.1) is 11.9 Å². The standard InChI is InChI=1S/C17H21N3O/c1-4-13(3)19-14-9-10-16(18-11-14)17(21)20-15-8-6-5-7-12(15)2/h5-11,13,19H,4H2,1-3H3,(H,20,21). The van der Waals surface area contributed by atoms with Gasteiger partial charge in [-0.05, 0) is 44.0 Å². The number of nitrogens with zero attached hydrogens (tertiary/aromatic N) is 1. The molecule has 2 N–H and O–H groups in total. The van der Waals surface area contributed by atoms with Crippen LogP contribution in [0.1, 0.15) is 36.3 Å². The van der Waals surface area contributed by atoms with Crippen molar-refractivity contribution in [1.82, 2.24) is 4.98 Å². The average Bonchev–Trinajstić information content (AvgIpc) is 2.50. The molecule has 0 aliphatic rings. The van der Waals surface area contributed by atoms with Gasteiger partial charge in [-0.1, -0.05) is 25.1 Å². The van der Waals surface area contributed by atoms with Crippen LogP contribution in [-0.2, 0) is 0 Å². The van der Waals surface area contributed by atoms with E-state index in [-0.39, 0.29) is 5.91 Å². The summed E-state index contributed by atoms with van der Waals surface area (Å²) in [5.74, 6) is -0.195. The lowest BCUT2D eigenvalue weighted by molar-refractivity contribution is 0.102. The highest BCUT2D eigenvalue weighted by Gasteiger charge is 2.09. The van der Waals surface area contributed by atoms with Gasteiger partial charge < -0.3 is 10.6 Å². The van der Waals surface area contributed by atoms with Gasteiger partial charge in [-0.15, -0.1) is 0 Å². The molecule has 4 heteroatoms. The molecule has 0 saturated heterocycles. The number of aryl methyl sites for hydroxylation is 1. The topological polar surface area (TPSA) is 54.0 Å². The van der Waals surface area contributed by atoms with E-state index in [1.54, 1.807) is 12.3 Å². The molecule has 0 saturated carbocycles. The molecule has 0 aliphatic heterocycles. The molecule has 1 heterocycles. The van der Waals surface area contributed by atoms with E-state index in [0.717, 1.165) is 23.4 Å². The summed E-state index contributed by atoms with van der Waals surface area (Å²) < 4.78 is 0. The summed E-state index contributed by atoms with van der Waals surface area (Å²) in [5.41, 5.74) is 3.18. The molecule has 4 nitrogen and oxygen atoms in total. The third-order valence-corrected chi connectivity index (χ3v) is 3.41. The molecule has 1 aromatic heterocycles. The van der Waals surface area contributed by atoms with Crippen LogP contribution in [0.5, 0.6) is 0 Å². The number of para-hydroxylation sites is 1. The number of rotatable bonds is 5. The lowest BCUT2D eigenvalue weighted by Crippen LogP contribution is -2.16. The molecule has 1 aromatic carbocycles. The van der Waals surface area contributed by atoms with Crippen molar-refractivity contribution in [2.45, 2.75) is 33.2 Å². The van der Waals surface area contributed by atoms with E-state index >= 15 is 0 Å². The summed E-state index contributed by atoms with van der Waals surface area (Å²) in [7, 11) is 0. The van der Waals surface area contributed by atoms with Crippen molar-refractivity contribution >= 4 is 17.3 Å². The number of hydrogen-bond acceptors (Lipinski definition) is 3. The summed E-state index contributed by atoms with van der Waals surface area (Å²) in [5, 5.41) is 6.20. The second-order valence-electron chi connectivity index (χ2n) is 5.15. The van der Waals surface area contributed by atoms with Crippen LogP contribution in [0.25, 0.3) is 0 Å². The summed E-state index contributed by atoms with van der Waals surface area (Å²) in [6.07, 6.45) is 2.73. The predicted octanol–water partition coefficient (Wildman–Crippen LogP) is 3.85. The summed E-state index contributed by atoms with van der Waals surface area (Å²) in [6, 6.07) is 11.7. The lowest BCUT2D eigenvalue weighted by atomic mass is 10.2. The molecule has 1 unspecified atom stereocenters. The minimum absolute atomic E-state index is 0.195. The molecule has 0 fully saturated rings. The van der Waals surface area contributed by atoms with Crippen molar-refractivity contribution in [2.24, 2.45) is 0 Å². The third-order valence-electron chi connectivity index (χ3n) is 3.41. The van der Waals surface area contributed by atoms with Gasteiger partial charge in [-0.2, -0.15) is 0 Å². The predicted molar refractivity (Wildman–Crippen MR) is 86.7 cm³/mol. The fraction of sp³-hybridized carbons (Fsp3) is 0.294. The Kier molecular flexibility index (Phi) is 4.93. The molecule has 2 aromatic rings. The van der Waals surface area contributed by atoms with E-state index in [9.17, 15) is 4.79 Å². The number of anilines is 2. The van der Waals surface area contributed by atoms with Crippen LogP contribution in [0.4, 0.5) is 11.4 Å². The molecule has 21 heavy (non-hydrogen) atoms. The fourth-order valence-corrected chi connectivity index (χ4v) is 1.90. The molecule has 0 aliphatic carbocycles. The highest BCUT2D eigenvalue weighted by Crippen LogP contribution is 2.15. The quantitative estimate of drug-likeness (QED) is 0.876.